The van der Waals surface area contributed by atoms with Gasteiger partial charge in [0.15, 0.2) is 0 Å². The van der Waals surface area contributed by atoms with E-state index in [1.807, 2.05) is 0 Å². The van der Waals surface area contributed by atoms with E-state index in [2.05, 4.69) is 11.8 Å². The van der Waals surface area contributed by atoms with Gasteiger partial charge in [0.25, 0.3) is 0 Å². The van der Waals surface area contributed by atoms with Crippen molar-refractivity contribution in [2.75, 3.05) is 19.6 Å². The van der Waals surface area contributed by atoms with Crippen molar-refractivity contribution in [2.45, 2.75) is 51.0 Å². The Morgan fingerprint density at radius 1 is 1.31 bits per heavy atom. The zero-order valence-corrected chi connectivity index (χ0v) is 10.6. The predicted octanol–water partition coefficient (Wildman–Crippen LogP) is 2.24. The third-order valence-corrected chi connectivity index (χ3v) is 5.58. The summed E-state index contributed by atoms with van der Waals surface area (Å²) in [5.41, 5.74) is 6.60. The molecule has 2 aliphatic carbocycles. The second-order valence-corrected chi connectivity index (χ2v) is 6.58. The largest absolute Gasteiger partial charge is 0.329 e. The van der Waals surface area contributed by atoms with Gasteiger partial charge >= 0.3 is 0 Å². The van der Waals surface area contributed by atoms with Gasteiger partial charge in [-0.05, 0) is 56.4 Å². The van der Waals surface area contributed by atoms with E-state index in [0.29, 0.717) is 5.54 Å². The van der Waals surface area contributed by atoms with Gasteiger partial charge in [0.05, 0.1) is 0 Å². The van der Waals surface area contributed by atoms with Crippen molar-refractivity contribution >= 4 is 0 Å². The molecule has 0 amide bonds. The first-order chi connectivity index (χ1) is 7.74. The summed E-state index contributed by atoms with van der Waals surface area (Å²) in [4.78, 5) is 2.78. The van der Waals surface area contributed by atoms with E-state index in [1.54, 1.807) is 0 Å². The lowest BCUT2D eigenvalue weighted by atomic mass is 9.78. The van der Waals surface area contributed by atoms with Crippen LogP contribution in [-0.2, 0) is 0 Å². The highest BCUT2D eigenvalue weighted by Crippen LogP contribution is 2.53. The lowest BCUT2D eigenvalue weighted by Crippen LogP contribution is -2.59. The number of hydrogen-bond donors (Lipinski definition) is 1. The summed E-state index contributed by atoms with van der Waals surface area (Å²) < 4.78 is 0. The van der Waals surface area contributed by atoms with E-state index in [9.17, 15) is 0 Å². The van der Waals surface area contributed by atoms with Crippen LogP contribution in [0.15, 0.2) is 0 Å². The molecule has 1 saturated heterocycles. The average Bonchev–Trinajstić information content (AvgIpc) is 2.89. The maximum atomic E-state index is 6.19. The topological polar surface area (TPSA) is 29.3 Å². The average molecular weight is 222 g/mol. The Kier molecular flexibility index (Phi) is 2.75. The normalized spacial score (nSPS) is 48.8. The molecular weight excluding hydrogens is 196 g/mol. The smallest absolute Gasteiger partial charge is 0.0362 e. The minimum atomic E-state index is 0.414. The number of nitrogens with two attached hydrogens (primary N) is 1. The molecule has 0 spiro atoms. The van der Waals surface area contributed by atoms with E-state index >= 15 is 0 Å². The quantitative estimate of drug-likeness (QED) is 0.776. The summed E-state index contributed by atoms with van der Waals surface area (Å²) >= 11 is 0. The number of likely N-dealkylation sites (tertiary alicyclic amines) is 1. The summed E-state index contributed by atoms with van der Waals surface area (Å²) in [6, 6.07) is 0. The molecule has 3 rings (SSSR count). The third kappa shape index (κ3) is 1.53. The van der Waals surface area contributed by atoms with Crippen LogP contribution in [0, 0.1) is 17.8 Å². The Balaban J connectivity index is 1.79. The minimum Gasteiger partial charge on any atom is -0.329 e. The molecule has 1 heterocycles. The summed E-state index contributed by atoms with van der Waals surface area (Å²) in [6.45, 7) is 5.93. The number of piperidine rings is 1. The molecule has 2 heteroatoms. The summed E-state index contributed by atoms with van der Waals surface area (Å²) in [5, 5.41) is 0. The van der Waals surface area contributed by atoms with Crippen molar-refractivity contribution < 1.29 is 0 Å². The first kappa shape index (κ1) is 11.0. The first-order valence-corrected chi connectivity index (χ1v) is 7.20. The summed E-state index contributed by atoms with van der Waals surface area (Å²) in [5.74, 6) is 2.81. The van der Waals surface area contributed by atoms with Crippen molar-refractivity contribution in [3.05, 3.63) is 0 Å². The molecule has 16 heavy (non-hydrogen) atoms. The van der Waals surface area contributed by atoms with Gasteiger partial charge in [-0.15, -0.1) is 0 Å². The zero-order chi connectivity index (χ0) is 11.2. The molecule has 0 aromatic carbocycles. The van der Waals surface area contributed by atoms with E-state index in [0.717, 1.165) is 24.3 Å². The lowest BCUT2D eigenvalue weighted by Gasteiger charge is -2.49. The van der Waals surface area contributed by atoms with Crippen LogP contribution >= 0.6 is 0 Å². The SMILES string of the molecule is CC1CCCN(C2(CN)CC3CCC2C3)C1. The Labute approximate surface area is 99.6 Å². The molecule has 3 fully saturated rings. The summed E-state index contributed by atoms with van der Waals surface area (Å²) in [7, 11) is 0. The predicted molar refractivity (Wildman–Crippen MR) is 67.2 cm³/mol. The van der Waals surface area contributed by atoms with Gasteiger partial charge in [0.1, 0.15) is 0 Å². The van der Waals surface area contributed by atoms with E-state index in [4.69, 9.17) is 5.73 Å². The highest BCUT2D eigenvalue weighted by Gasteiger charge is 2.53. The third-order valence-electron chi connectivity index (χ3n) is 5.58. The molecule has 4 atom stereocenters. The maximum Gasteiger partial charge on any atom is 0.0362 e. The van der Waals surface area contributed by atoms with Gasteiger partial charge in [-0.1, -0.05) is 13.3 Å². The van der Waals surface area contributed by atoms with Crippen LogP contribution in [0.1, 0.15) is 45.4 Å². The molecule has 4 unspecified atom stereocenters. The van der Waals surface area contributed by atoms with Crippen LogP contribution in [-0.4, -0.2) is 30.1 Å². The minimum absolute atomic E-state index is 0.414. The molecule has 92 valence electrons. The zero-order valence-electron chi connectivity index (χ0n) is 10.6. The monoisotopic (exact) mass is 222 g/mol. The van der Waals surface area contributed by atoms with Crippen molar-refractivity contribution in [3.8, 4) is 0 Å². The van der Waals surface area contributed by atoms with Gasteiger partial charge in [-0.25, -0.2) is 0 Å². The van der Waals surface area contributed by atoms with Gasteiger partial charge in [0, 0.05) is 18.6 Å². The van der Waals surface area contributed by atoms with Crippen LogP contribution < -0.4 is 5.73 Å². The molecule has 2 N–H and O–H groups in total. The molecule has 2 saturated carbocycles. The fourth-order valence-electron chi connectivity index (χ4n) is 4.78. The maximum absolute atomic E-state index is 6.19. The Bertz CT molecular complexity index is 265. The standard InChI is InChI=1S/C14H26N2/c1-11-3-2-6-16(9-11)14(10-15)8-12-4-5-13(14)7-12/h11-13H,2-10,15H2,1H3. The number of hydrogen-bond acceptors (Lipinski definition) is 2. The Morgan fingerprint density at radius 3 is 2.75 bits per heavy atom. The summed E-state index contributed by atoms with van der Waals surface area (Å²) in [6.07, 6.45) is 8.62. The molecule has 2 bridgehead atoms. The highest BCUT2D eigenvalue weighted by molar-refractivity contribution is 5.08. The van der Waals surface area contributed by atoms with Crippen molar-refractivity contribution in [1.29, 1.82) is 0 Å². The fraction of sp³-hybridized carbons (Fsp3) is 1.00. The van der Waals surface area contributed by atoms with Gasteiger partial charge in [-0.3, -0.25) is 4.90 Å². The molecule has 0 radical (unpaired) electrons. The first-order valence-electron chi connectivity index (χ1n) is 7.20. The number of nitrogens with zero attached hydrogens (tertiary/aromatic N) is 1. The van der Waals surface area contributed by atoms with Crippen molar-refractivity contribution in [3.63, 3.8) is 0 Å². The van der Waals surface area contributed by atoms with Crippen molar-refractivity contribution in [2.24, 2.45) is 23.5 Å². The van der Waals surface area contributed by atoms with Gasteiger partial charge < -0.3 is 5.73 Å². The number of rotatable bonds is 2. The van der Waals surface area contributed by atoms with Gasteiger partial charge in [0.2, 0.25) is 0 Å². The van der Waals surface area contributed by atoms with Crippen molar-refractivity contribution in [1.82, 2.24) is 4.90 Å². The van der Waals surface area contributed by atoms with E-state index in [-0.39, 0.29) is 0 Å². The van der Waals surface area contributed by atoms with E-state index in [1.165, 1.54) is 51.6 Å². The fourth-order valence-corrected chi connectivity index (χ4v) is 4.78. The van der Waals surface area contributed by atoms with Crippen LogP contribution in [0.3, 0.4) is 0 Å². The molecule has 3 aliphatic rings. The second-order valence-electron chi connectivity index (χ2n) is 6.58. The van der Waals surface area contributed by atoms with Crippen LogP contribution in [0.25, 0.3) is 0 Å². The number of fused-ring (bicyclic) bond motifs is 2. The highest BCUT2D eigenvalue weighted by atomic mass is 15.2. The van der Waals surface area contributed by atoms with Crippen LogP contribution in [0.2, 0.25) is 0 Å². The second kappa shape index (κ2) is 3.99. The lowest BCUT2D eigenvalue weighted by molar-refractivity contribution is 0.0107. The molecule has 1 aliphatic heterocycles. The van der Waals surface area contributed by atoms with Crippen LogP contribution in [0.5, 0.6) is 0 Å². The van der Waals surface area contributed by atoms with E-state index < -0.39 is 0 Å². The molecule has 2 nitrogen and oxygen atoms in total. The Hall–Kier alpha value is -0.0800. The molecule has 0 aromatic heterocycles. The molecular formula is C14H26N2. The molecule has 0 aromatic rings. The van der Waals surface area contributed by atoms with Crippen LogP contribution in [0.4, 0.5) is 0 Å². The van der Waals surface area contributed by atoms with Gasteiger partial charge in [-0.2, -0.15) is 0 Å². The Morgan fingerprint density at radius 2 is 2.19 bits per heavy atom.